The van der Waals surface area contributed by atoms with Crippen LogP contribution in [0, 0.1) is 20.8 Å². The number of aliphatic hydroxyl groups excluding tert-OH is 1. The predicted octanol–water partition coefficient (Wildman–Crippen LogP) is 6.89. The number of aryl methyl sites for hydroxylation is 3. The second kappa shape index (κ2) is 15.5. The fourth-order valence-corrected chi connectivity index (χ4v) is 3.00. The van der Waals surface area contributed by atoms with E-state index in [1.807, 2.05) is 44.0 Å². The van der Waals surface area contributed by atoms with Gasteiger partial charge in [0, 0.05) is 20.7 Å². The molecule has 0 radical (unpaired) electrons. The van der Waals surface area contributed by atoms with E-state index in [0.717, 1.165) is 37.0 Å². The van der Waals surface area contributed by atoms with E-state index in [2.05, 4.69) is 24.0 Å². The number of carbonyl (C=O) groups excluding carboxylic acids is 1. The van der Waals surface area contributed by atoms with Crippen molar-refractivity contribution in [3.8, 4) is 0 Å². The van der Waals surface area contributed by atoms with E-state index in [4.69, 9.17) is 9.84 Å². The van der Waals surface area contributed by atoms with Gasteiger partial charge in [0.2, 0.25) is 0 Å². The lowest BCUT2D eigenvalue weighted by Gasteiger charge is -2.12. The van der Waals surface area contributed by atoms with E-state index in [1.165, 1.54) is 17.7 Å². The minimum absolute atomic E-state index is 0.234. The second-order valence-electron chi connectivity index (χ2n) is 8.20. The zero-order valence-electron chi connectivity index (χ0n) is 22.1. The first-order valence-electron chi connectivity index (χ1n) is 11.7. The number of ether oxygens (including phenoxy) is 1. The molecule has 0 amide bonds. The molecule has 0 aliphatic heterocycles. The van der Waals surface area contributed by atoms with Gasteiger partial charge in [-0.3, -0.25) is 0 Å². The van der Waals surface area contributed by atoms with E-state index in [9.17, 15) is 18.0 Å². The quantitative estimate of drug-likeness (QED) is 0.220. The normalized spacial score (nSPS) is 10.6. The average Bonchev–Trinajstić information content (AvgIpc) is 2.89. The maximum Gasteiger partial charge on any atom is 0.416 e. The fraction of sp³-hybridized carbons (Fsp3) is 0.310. The molecule has 0 aliphatic carbocycles. The highest BCUT2D eigenvalue weighted by Crippen LogP contribution is 2.30. The van der Waals surface area contributed by atoms with Crippen molar-refractivity contribution in [3.05, 3.63) is 100 Å². The van der Waals surface area contributed by atoms with Gasteiger partial charge in [-0.2, -0.15) is 13.2 Å². The Morgan fingerprint density at radius 2 is 1.62 bits per heavy atom. The number of halogens is 3. The smallest absolute Gasteiger partial charge is 0.416 e. The summed E-state index contributed by atoms with van der Waals surface area (Å²) >= 11 is 0. The van der Waals surface area contributed by atoms with Gasteiger partial charge in [0.05, 0.1) is 23.2 Å². The second-order valence-corrected chi connectivity index (χ2v) is 8.20. The van der Waals surface area contributed by atoms with Crippen LogP contribution in [0.4, 0.5) is 18.9 Å². The minimum atomic E-state index is -4.43. The zero-order chi connectivity index (χ0) is 28.0. The van der Waals surface area contributed by atoms with Gasteiger partial charge < -0.3 is 14.7 Å². The summed E-state index contributed by atoms with van der Waals surface area (Å²) in [7, 11) is 2.91. The summed E-state index contributed by atoms with van der Waals surface area (Å²) in [4.78, 5) is 18.7. The molecule has 8 heteroatoms. The molecule has 0 saturated carbocycles. The number of hydrogen-bond donors (Lipinski definition) is 1. The van der Waals surface area contributed by atoms with Gasteiger partial charge in [-0.15, -0.1) is 0 Å². The third kappa shape index (κ3) is 10.9. The molecule has 0 aromatic heterocycles. The zero-order valence-corrected chi connectivity index (χ0v) is 22.1. The number of nitrogens with zero attached hydrogens (tertiary/aromatic N) is 2. The molecular formula is C29H35F3N2O3. The molecule has 0 atom stereocenters. The van der Waals surface area contributed by atoms with Crippen LogP contribution >= 0.6 is 0 Å². The molecule has 5 nitrogen and oxygen atoms in total. The van der Waals surface area contributed by atoms with E-state index in [-0.39, 0.29) is 12.2 Å². The van der Waals surface area contributed by atoms with Crippen molar-refractivity contribution >= 4 is 18.0 Å². The summed E-state index contributed by atoms with van der Waals surface area (Å²) in [6.45, 7) is 8.28. The van der Waals surface area contributed by atoms with E-state index in [0.29, 0.717) is 11.1 Å². The van der Waals surface area contributed by atoms with Gasteiger partial charge in [0.15, 0.2) is 0 Å². The van der Waals surface area contributed by atoms with Crippen LogP contribution in [0.3, 0.4) is 0 Å². The Morgan fingerprint density at radius 3 is 2.16 bits per heavy atom. The maximum absolute atomic E-state index is 12.8. The fourth-order valence-electron chi connectivity index (χ4n) is 3.00. The highest BCUT2D eigenvalue weighted by molar-refractivity contribution is 5.92. The van der Waals surface area contributed by atoms with Crippen LogP contribution in [0.25, 0.3) is 0 Å². The third-order valence-corrected chi connectivity index (χ3v) is 5.22. The Morgan fingerprint density at radius 1 is 0.973 bits per heavy atom. The molecule has 0 aliphatic rings. The van der Waals surface area contributed by atoms with Crippen LogP contribution in [-0.2, 0) is 17.5 Å². The standard InChI is InChI=1S/C21H23F3N2O2.C7H8.CH4O/c1-5-26(4)13-25-19-10-14(2)18(9-15(19)3)20(27)28-12-16-7-6-8-17(11-16)21(22,23)24;1-7-5-3-2-4-6-7;1-2/h6-11,13H,5,12H2,1-4H3;2-6H,1H3;2H,1H3. The van der Waals surface area contributed by atoms with Crippen LogP contribution in [0.5, 0.6) is 0 Å². The molecule has 1 N–H and O–H groups in total. The van der Waals surface area contributed by atoms with Gasteiger partial charge in [-0.1, -0.05) is 48.0 Å². The first-order chi connectivity index (χ1) is 17.5. The van der Waals surface area contributed by atoms with Gasteiger partial charge in [0.1, 0.15) is 6.61 Å². The van der Waals surface area contributed by atoms with Crippen LogP contribution in [0.2, 0.25) is 0 Å². The van der Waals surface area contributed by atoms with Crippen molar-refractivity contribution in [2.75, 3.05) is 20.7 Å². The molecule has 3 aromatic carbocycles. The van der Waals surface area contributed by atoms with Crippen LogP contribution in [-0.4, -0.2) is 43.0 Å². The van der Waals surface area contributed by atoms with Crippen molar-refractivity contribution in [1.29, 1.82) is 0 Å². The van der Waals surface area contributed by atoms with Crippen molar-refractivity contribution in [3.63, 3.8) is 0 Å². The van der Waals surface area contributed by atoms with Crippen LogP contribution in [0.15, 0.2) is 71.7 Å². The first kappa shape index (κ1) is 31.4. The summed E-state index contributed by atoms with van der Waals surface area (Å²) in [5.74, 6) is -0.584. The summed E-state index contributed by atoms with van der Waals surface area (Å²) in [6.07, 6.45) is -2.72. The lowest BCUT2D eigenvalue weighted by molar-refractivity contribution is -0.137. The van der Waals surface area contributed by atoms with E-state index < -0.39 is 17.7 Å². The van der Waals surface area contributed by atoms with Crippen molar-refractivity contribution in [2.24, 2.45) is 4.99 Å². The third-order valence-electron chi connectivity index (χ3n) is 5.22. The predicted molar refractivity (Wildman–Crippen MR) is 142 cm³/mol. The lowest BCUT2D eigenvalue weighted by Crippen LogP contribution is -2.14. The average molecular weight is 517 g/mol. The molecule has 3 aromatic rings. The molecule has 3 rings (SSSR count). The number of hydrogen-bond acceptors (Lipinski definition) is 4. The Balaban J connectivity index is 0.000000645. The highest BCUT2D eigenvalue weighted by Gasteiger charge is 2.30. The maximum atomic E-state index is 12.8. The number of esters is 1. The van der Waals surface area contributed by atoms with Crippen LogP contribution in [0.1, 0.15) is 45.1 Å². The molecule has 0 spiro atoms. The van der Waals surface area contributed by atoms with Gasteiger partial charge in [0.25, 0.3) is 0 Å². The summed E-state index contributed by atoms with van der Waals surface area (Å²) in [6, 6.07) is 18.5. The monoisotopic (exact) mass is 516 g/mol. The summed E-state index contributed by atoms with van der Waals surface area (Å²) < 4.78 is 43.6. The number of carbonyl (C=O) groups is 1. The van der Waals surface area contributed by atoms with E-state index >= 15 is 0 Å². The molecule has 0 unspecified atom stereocenters. The lowest BCUT2D eigenvalue weighted by atomic mass is 10.0. The summed E-state index contributed by atoms with van der Waals surface area (Å²) in [5.41, 5.74) is 3.43. The van der Waals surface area contributed by atoms with Crippen molar-refractivity contribution < 1.29 is 27.8 Å². The molecule has 0 saturated heterocycles. The molecule has 37 heavy (non-hydrogen) atoms. The first-order valence-corrected chi connectivity index (χ1v) is 11.7. The van der Waals surface area contributed by atoms with Crippen LogP contribution < -0.4 is 0 Å². The van der Waals surface area contributed by atoms with Gasteiger partial charge in [-0.05, 0) is 68.7 Å². The SMILES string of the molecule is CCN(C)C=Nc1cc(C)c(C(=O)OCc2cccc(C(F)(F)F)c2)cc1C.CO.Cc1ccccc1. The number of alkyl halides is 3. The van der Waals surface area contributed by atoms with Gasteiger partial charge >= 0.3 is 12.1 Å². The molecular weight excluding hydrogens is 481 g/mol. The molecule has 0 bridgehead atoms. The minimum Gasteiger partial charge on any atom is -0.457 e. The largest absolute Gasteiger partial charge is 0.457 e. The van der Waals surface area contributed by atoms with E-state index in [1.54, 1.807) is 25.4 Å². The Bertz CT molecular complexity index is 1150. The number of aliphatic hydroxyl groups is 1. The van der Waals surface area contributed by atoms with Crippen molar-refractivity contribution in [2.45, 2.75) is 40.5 Å². The topological polar surface area (TPSA) is 62.1 Å². The van der Waals surface area contributed by atoms with Gasteiger partial charge in [-0.25, -0.2) is 9.79 Å². The highest BCUT2D eigenvalue weighted by atomic mass is 19.4. The number of benzene rings is 3. The molecule has 0 fully saturated rings. The molecule has 200 valence electrons. The molecule has 0 heterocycles. The number of rotatable bonds is 6. The number of aliphatic imine (C=N–C) groups is 1. The van der Waals surface area contributed by atoms with Crippen molar-refractivity contribution in [1.82, 2.24) is 4.90 Å². The Labute approximate surface area is 217 Å². The Kier molecular flexibility index (Phi) is 13.1. The Hall–Kier alpha value is -3.65. The summed E-state index contributed by atoms with van der Waals surface area (Å²) in [5, 5.41) is 7.00.